The van der Waals surface area contributed by atoms with Crippen molar-refractivity contribution in [2.75, 3.05) is 0 Å². The Morgan fingerprint density at radius 1 is 1.47 bits per heavy atom. The molecule has 0 spiro atoms. The van der Waals surface area contributed by atoms with E-state index in [0.717, 1.165) is 6.42 Å². The molecule has 1 atom stereocenters. The van der Waals surface area contributed by atoms with Crippen LogP contribution < -0.4 is 5.32 Å². The number of thiophene rings is 1. The first-order valence-electron chi connectivity index (χ1n) is 5.81. The summed E-state index contributed by atoms with van der Waals surface area (Å²) in [6, 6.07) is 4.29. The molecule has 1 aromatic heterocycles. The molecule has 1 unspecified atom stereocenters. The van der Waals surface area contributed by atoms with Crippen molar-refractivity contribution in [3.63, 3.8) is 0 Å². The Morgan fingerprint density at radius 2 is 2.12 bits per heavy atom. The number of hydrogen-bond donors (Lipinski definition) is 1. The molecular formula is C13H21NO2S. The van der Waals surface area contributed by atoms with Crippen LogP contribution in [0.4, 0.5) is 4.79 Å². The summed E-state index contributed by atoms with van der Waals surface area (Å²) in [6.07, 6.45) is 0.496. The van der Waals surface area contributed by atoms with Gasteiger partial charge in [0, 0.05) is 22.2 Å². The summed E-state index contributed by atoms with van der Waals surface area (Å²) in [5.74, 6) is 0. The minimum atomic E-state index is -0.441. The standard InChI is InChI=1S/C13H21NO2S/c1-9(8-11-7-6-10(2)17-11)14-12(15)16-13(3,4)5/h6-7,9H,8H2,1-5H3,(H,14,15). The van der Waals surface area contributed by atoms with Crippen molar-refractivity contribution in [3.8, 4) is 0 Å². The fourth-order valence-electron chi connectivity index (χ4n) is 1.46. The van der Waals surface area contributed by atoms with Crippen LogP contribution in [-0.2, 0) is 11.2 Å². The SMILES string of the molecule is Cc1ccc(CC(C)NC(=O)OC(C)(C)C)s1. The molecule has 0 aromatic carbocycles. The third kappa shape index (κ3) is 5.73. The van der Waals surface area contributed by atoms with Gasteiger partial charge in [0.05, 0.1) is 0 Å². The number of rotatable bonds is 3. The molecule has 3 nitrogen and oxygen atoms in total. The molecule has 1 heterocycles. The summed E-state index contributed by atoms with van der Waals surface area (Å²) in [5.41, 5.74) is -0.441. The summed E-state index contributed by atoms with van der Waals surface area (Å²) in [4.78, 5) is 14.1. The number of hydrogen-bond acceptors (Lipinski definition) is 3. The van der Waals surface area contributed by atoms with E-state index in [9.17, 15) is 4.79 Å². The molecule has 1 rings (SSSR count). The Balaban J connectivity index is 2.39. The maximum absolute atomic E-state index is 11.5. The van der Waals surface area contributed by atoms with E-state index in [1.165, 1.54) is 9.75 Å². The molecule has 0 aliphatic heterocycles. The van der Waals surface area contributed by atoms with Crippen molar-refractivity contribution in [3.05, 3.63) is 21.9 Å². The monoisotopic (exact) mass is 255 g/mol. The highest BCUT2D eigenvalue weighted by Crippen LogP contribution is 2.16. The Labute approximate surface area is 107 Å². The van der Waals surface area contributed by atoms with Crippen molar-refractivity contribution in [2.45, 2.75) is 52.7 Å². The molecule has 0 saturated carbocycles. The topological polar surface area (TPSA) is 38.3 Å². The Kier molecular flexibility index (Phi) is 4.57. The minimum Gasteiger partial charge on any atom is -0.444 e. The van der Waals surface area contributed by atoms with Gasteiger partial charge in [0.15, 0.2) is 0 Å². The maximum Gasteiger partial charge on any atom is 0.407 e. The van der Waals surface area contributed by atoms with Gasteiger partial charge in [-0.2, -0.15) is 0 Å². The summed E-state index contributed by atoms with van der Waals surface area (Å²) < 4.78 is 5.20. The van der Waals surface area contributed by atoms with E-state index < -0.39 is 5.60 Å². The fraction of sp³-hybridized carbons (Fsp3) is 0.615. The lowest BCUT2D eigenvalue weighted by Gasteiger charge is -2.21. The van der Waals surface area contributed by atoms with E-state index in [0.29, 0.717) is 0 Å². The van der Waals surface area contributed by atoms with Gasteiger partial charge in [-0.1, -0.05) is 0 Å². The van der Waals surface area contributed by atoms with Crippen molar-refractivity contribution in [1.82, 2.24) is 5.32 Å². The van der Waals surface area contributed by atoms with Gasteiger partial charge in [0.2, 0.25) is 0 Å². The number of carbonyl (C=O) groups is 1. The van der Waals surface area contributed by atoms with Gasteiger partial charge < -0.3 is 10.1 Å². The molecule has 0 radical (unpaired) electrons. The second kappa shape index (κ2) is 5.54. The molecule has 0 aliphatic carbocycles. The van der Waals surface area contributed by atoms with Crippen molar-refractivity contribution >= 4 is 17.4 Å². The zero-order valence-electron chi connectivity index (χ0n) is 11.2. The lowest BCUT2D eigenvalue weighted by atomic mass is 10.2. The fourth-order valence-corrected chi connectivity index (χ4v) is 2.48. The van der Waals surface area contributed by atoms with Gasteiger partial charge in [-0.25, -0.2) is 4.79 Å². The first-order valence-corrected chi connectivity index (χ1v) is 6.63. The lowest BCUT2D eigenvalue weighted by molar-refractivity contribution is 0.0509. The molecule has 4 heteroatoms. The van der Waals surface area contributed by atoms with Crippen molar-refractivity contribution in [1.29, 1.82) is 0 Å². The van der Waals surface area contributed by atoms with E-state index in [1.54, 1.807) is 11.3 Å². The Bertz CT molecular complexity index is 379. The number of nitrogens with one attached hydrogen (secondary N) is 1. The number of alkyl carbamates (subject to hydrolysis) is 1. The van der Waals surface area contributed by atoms with Crippen LogP contribution in [-0.4, -0.2) is 17.7 Å². The molecule has 96 valence electrons. The number of aryl methyl sites for hydroxylation is 1. The largest absolute Gasteiger partial charge is 0.444 e. The van der Waals surface area contributed by atoms with Crippen LogP contribution in [0.5, 0.6) is 0 Å². The Morgan fingerprint density at radius 3 is 2.59 bits per heavy atom. The van der Waals surface area contributed by atoms with E-state index in [2.05, 4.69) is 24.4 Å². The third-order valence-electron chi connectivity index (χ3n) is 2.07. The maximum atomic E-state index is 11.5. The second-order valence-corrected chi connectivity index (χ2v) is 6.64. The molecule has 0 aliphatic rings. The zero-order valence-corrected chi connectivity index (χ0v) is 12.0. The number of ether oxygens (including phenoxy) is 1. The molecule has 1 amide bonds. The van der Waals surface area contributed by atoms with Crippen LogP contribution in [0.15, 0.2) is 12.1 Å². The highest BCUT2D eigenvalue weighted by molar-refractivity contribution is 7.11. The smallest absolute Gasteiger partial charge is 0.407 e. The minimum absolute atomic E-state index is 0.0860. The average molecular weight is 255 g/mol. The number of amides is 1. The van der Waals surface area contributed by atoms with E-state index in [4.69, 9.17) is 4.74 Å². The van der Waals surface area contributed by atoms with Gasteiger partial charge >= 0.3 is 6.09 Å². The zero-order chi connectivity index (χ0) is 13.1. The molecule has 0 fully saturated rings. The van der Waals surface area contributed by atoms with Crippen LogP contribution in [0, 0.1) is 6.92 Å². The average Bonchev–Trinajstić information content (AvgIpc) is 2.46. The summed E-state index contributed by atoms with van der Waals surface area (Å²) in [5, 5.41) is 2.84. The predicted molar refractivity (Wildman–Crippen MR) is 71.6 cm³/mol. The predicted octanol–water partition coefficient (Wildman–Crippen LogP) is 3.51. The highest BCUT2D eigenvalue weighted by atomic mass is 32.1. The molecule has 1 N–H and O–H groups in total. The van der Waals surface area contributed by atoms with E-state index in [-0.39, 0.29) is 12.1 Å². The third-order valence-corrected chi connectivity index (χ3v) is 3.09. The summed E-state index contributed by atoms with van der Waals surface area (Å²) in [6.45, 7) is 9.65. The first kappa shape index (κ1) is 14.0. The molecule has 0 saturated heterocycles. The van der Waals surface area contributed by atoms with E-state index >= 15 is 0 Å². The molecular weight excluding hydrogens is 234 g/mol. The molecule has 17 heavy (non-hydrogen) atoms. The van der Waals surface area contributed by atoms with Gasteiger partial charge in [-0.05, 0) is 46.8 Å². The van der Waals surface area contributed by atoms with Crippen LogP contribution in [0.25, 0.3) is 0 Å². The lowest BCUT2D eigenvalue weighted by Crippen LogP contribution is -2.38. The van der Waals surface area contributed by atoms with Crippen LogP contribution in [0.2, 0.25) is 0 Å². The van der Waals surface area contributed by atoms with E-state index in [1.807, 2.05) is 27.7 Å². The molecule has 1 aromatic rings. The second-order valence-electron chi connectivity index (χ2n) is 5.26. The normalized spacial score (nSPS) is 13.2. The molecule has 0 bridgehead atoms. The highest BCUT2D eigenvalue weighted by Gasteiger charge is 2.17. The van der Waals surface area contributed by atoms with Crippen molar-refractivity contribution < 1.29 is 9.53 Å². The van der Waals surface area contributed by atoms with Crippen LogP contribution >= 0.6 is 11.3 Å². The van der Waals surface area contributed by atoms with Gasteiger partial charge in [-0.15, -0.1) is 11.3 Å². The van der Waals surface area contributed by atoms with Crippen LogP contribution in [0.1, 0.15) is 37.4 Å². The number of carbonyl (C=O) groups excluding carboxylic acids is 1. The Hall–Kier alpha value is -1.03. The van der Waals surface area contributed by atoms with Crippen LogP contribution in [0.3, 0.4) is 0 Å². The summed E-state index contributed by atoms with van der Waals surface area (Å²) in [7, 11) is 0. The van der Waals surface area contributed by atoms with Gasteiger partial charge in [-0.3, -0.25) is 0 Å². The van der Waals surface area contributed by atoms with Crippen molar-refractivity contribution in [2.24, 2.45) is 0 Å². The van der Waals surface area contributed by atoms with Gasteiger partial charge in [0.25, 0.3) is 0 Å². The quantitative estimate of drug-likeness (QED) is 0.897. The first-order chi connectivity index (χ1) is 7.76. The summed E-state index contributed by atoms with van der Waals surface area (Å²) >= 11 is 1.76. The van der Waals surface area contributed by atoms with Gasteiger partial charge in [0.1, 0.15) is 5.60 Å².